The highest BCUT2D eigenvalue weighted by atomic mass is 35.5. The number of para-hydroxylation sites is 1. The van der Waals surface area contributed by atoms with E-state index in [1.54, 1.807) is 12.1 Å². The zero-order valence-electron chi connectivity index (χ0n) is 12.8. The van der Waals surface area contributed by atoms with Crippen molar-refractivity contribution in [2.45, 2.75) is 6.42 Å². The van der Waals surface area contributed by atoms with Crippen LogP contribution in [0.25, 0.3) is 10.9 Å². The fourth-order valence-electron chi connectivity index (χ4n) is 2.85. The van der Waals surface area contributed by atoms with Crippen molar-refractivity contribution >= 4 is 28.4 Å². The summed E-state index contributed by atoms with van der Waals surface area (Å²) in [7, 11) is 0. The highest BCUT2D eigenvalue weighted by Gasteiger charge is 2.20. The molecule has 0 spiro atoms. The lowest BCUT2D eigenvalue weighted by molar-refractivity contribution is 0.0953. The molecule has 0 radical (unpaired) electrons. The van der Waals surface area contributed by atoms with Gasteiger partial charge in [0, 0.05) is 29.2 Å². The average Bonchev–Trinajstić information content (AvgIpc) is 3.22. The molecule has 1 aromatic heterocycles. The van der Waals surface area contributed by atoms with Gasteiger partial charge in [0.15, 0.2) is 11.5 Å². The van der Waals surface area contributed by atoms with Crippen LogP contribution in [0.2, 0.25) is 5.02 Å². The molecule has 5 nitrogen and oxygen atoms in total. The number of aromatic amines is 1. The SMILES string of the molecule is O=C(NCCc1c[nH]c2ccccc12)c1cc(Cl)c2c(c1)OCO2. The maximum absolute atomic E-state index is 12.3. The molecule has 2 N–H and O–H groups in total. The summed E-state index contributed by atoms with van der Waals surface area (Å²) >= 11 is 6.11. The van der Waals surface area contributed by atoms with Crippen LogP contribution < -0.4 is 14.8 Å². The Balaban J connectivity index is 1.43. The fourth-order valence-corrected chi connectivity index (χ4v) is 3.11. The summed E-state index contributed by atoms with van der Waals surface area (Å²) in [5.74, 6) is 0.811. The molecular formula is C18H15ClN2O3. The van der Waals surface area contributed by atoms with Crippen LogP contribution in [0.15, 0.2) is 42.6 Å². The summed E-state index contributed by atoms with van der Waals surface area (Å²) in [6, 6.07) is 11.3. The van der Waals surface area contributed by atoms with Gasteiger partial charge in [-0.3, -0.25) is 4.79 Å². The molecule has 1 aliphatic rings. The first-order valence-electron chi connectivity index (χ1n) is 7.65. The summed E-state index contributed by atoms with van der Waals surface area (Å²) in [5, 5.41) is 4.47. The van der Waals surface area contributed by atoms with E-state index in [4.69, 9.17) is 21.1 Å². The Morgan fingerprint density at radius 3 is 3.04 bits per heavy atom. The average molecular weight is 343 g/mol. The van der Waals surface area contributed by atoms with Crippen molar-refractivity contribution in [2.75, 3.05) is 13.3 Å². The second-order valence-electron chi connectivity index (χ2n) is 5.56. The van der Waals surface area contributed by atoms with E-state index in [1.807, 2.05) is 24.4 Å². The first kappa shape index (κ1) is 14.9. The molecule has 0 unspecified atom stereocenters. The third-order valence-corrected chi connectivity index (χ3v) is 4.32. The molecule has 0 fully saturated rings. The Hall–Kier alpha value is -2.66. The summed E-state index contributed by atoms with van der Waals surface area (Å²) in [4.78, 5) is 15.5. The number of carbonyl (C=O) groups is 1. The molecule has 1 amide bonds. The predicted octanol–water partition coefficient (Wildman–Crippen LogP) is 3.52. The second-order valence-corrected chi connectivity index (χ2v) is 5.96. The van der Waals surface area contributed by atoms with E-state index in [0.717, 1.165) is 11.9 Å². The highest BCUT2D eigenvalue weighted by Crippen LogP contribution is 2.39. The lowest BCUT2D eigenvalue weighted by atomic mass is 10.1. The van der Waals surface area contributed by atoms with Crippen LogP contribution in [0, 0.1) is 0 Å². The lowest BCUT2D eigenvalue weighted by Gasteiger charge is -2.07. The normalized spacial score (nSPS) is 12.5. The third-order valence-electron chi connectivity index (χ3n) is 4.04. The van der Waals surface area contributed by atoms with Crippen LogP contribution in [0.4, 0.5) is 0 Å². The van der Waals surface area contributed by atoms with Gasteiger partial charge in [-0.25, -0.2) is 0 Å². The van der Waals surface area contributed by atoms with Crippen molar-refractivity contribution in [3.63, 3.8) is 0 Å². The van der Waals surface area contributed by atoms with Crippen LogP contribution in [0.3, 0.4) is 0 Å². The molecule has 4 rings (SSSR count). The molecule has 1 aliphatic heterocycles. The van der Waals surface area contributed by atoms with Crippen LogP contribution in [0.1, 0.15) is 15.9 Å². The summed E-state index contributed by atoms with van der Waals surface area (Å²) in [6.07, 6.45) is 2.72. The predicted molar refractivity (Wildman–Crippen MR) is 91.9 cm³/mol. The minimum atomic E-state index is -0.185. The number of halogens is 1. The smallest absolute Gasteiger partial charge is 0.251 e. The number of hydrogen-bond acceptors (Lipinski definition) is 3. The van der Waals surface area contributed by atoms with Crippen molar-refractivity contribution in [2.24, 2.45) is 0 Å². The molecule has 122 valence electrons. The molecule has 3 aromatic rings. The standard InChI is InChI=1S/C18H15ClN2O3/c19-14-7-12(8-16-17(14)24-10-23-16)18(22)20-6-5-11-9-21-15-4-2-1-3-13(11)15/h1-4,7-9,21H,5-6,10H2,(H,20,22). The van der Waals surface area contributed by atoms with Crippen molar-refractivity contribution in [3.8, 4) is 11.5 Å². The van der Waals surface area contributed by atoms with Gasteiger partial charge >= 0.3 is 0 Å². The van der Waals surface area contributed by atoms with Crippen LogP contribution in [0.5, 0.6) is 11.5 Å². The monoisotopic (exact) mass is 342 g/mol. The van der Waals surface area contributed by atoms with E-state index in [1.165, 1.54) is 10.9 Å². The Morgan fingerprint density at radius 1 is 1.25 bits per heavy atom. The number of amides is 1. The van der Waals surface area contributed by atoms with Gasteiger partial charge in [-0.05, 0) is 30.2 Å². The summed E-state index contributed by atoms with van der Waals surface area (Å²) in [5.41, 5.74) is 2.74. The lowest BCUT2D eigenvalue weighted by Crippen LogP contribution is -2.25. The van der Waals surface area contributed by atoms with Crippen LogP contribution in [-0.4, -0.2) is 24.2 Å². The number of ether oxygens (including phenoxy) is 2. The first-order valence-corrected chi connectivity index (χ1v) is 8.02. The van der Waals surface area contributed by atoms with Gasteiger partial charge < -0.3 is 19.8 Å². The molecule has 6 heteroatoms. The number of fused-ring (bicyclic) bond motifs is 2. The van der Waals surface area contributed by atoms with Crippen molar-refractivity contribution in [3.05, 3.63) is 58.7 Å². The van der Waals surface area contributed by atoms with Crippen molar-refractivity contribution in [1.29, 1.82) is 0 Å². The first-order chi connectivity index (χ1) is 11.7. The van der Waals surface area contributed by atoms with Gasteiger partial charge in [-0.15, -0.1) is 0 Å². The van der Waals surface area contributed by atoms with E-state index < -0.39 is 0 Å². The van der Waals surface area contributed by atoms with Gasteiger partial charge in [-0.1, -0.05) is 29.8 Å². The fraction of sp³-hybridized carbons (Fsp3) is 0.167. The number of nitrogens with one attached hydrogen (secondary N) is 2. The Kier molecular flexibility index (Phi) is 3.78. The molecule has 0 bridgehead atoms. The molecule has 0 aliphatic carbocycles. The van der Waals surface area contributed by atoms with E-state index in [9.17, 15) is 4.79 Å². The topological polar surface area (TPSA) is 63.4 Å². The number of carbonyl (C=O) groups excluding carboxylic acids is 1. The van der Waals surface area contributed by atoms with Gasteiger partial charge in [0.05, 0.1) is 5.02 Å². The quantitative estimate of drug-likeness (QED) is 0.762. The summed E-state index contributed by atoms with van der Waals surface area (Å²) < 4.78 is 10.5. The largest absolute Gasteiger partial charge is 0.454 e. The Labute approximate surface area is 143 Å². The van der Waals surface area contributed by atoms with Crippen LogP contribution >= 0.6 is 11.6 Å². The Morgan fingerprint density at radius 2 is 2.12 bits per heavy atom. The molecule has 0 saturated carbocycles. The van der Waals surface area contributed by atoms with E-state index in [2.05, 4.69) is 16.4 Å². The maximum Gasteiger partial charge on any atom is 0.251 e. The highest BCUT2D eigenvalue weighted by molar-refractivity contribution is 6.32. The van der Waals surface area contributed by atoms with Gasteiger partial charge in [0.25, 0.3) is 5.91 Å². The van der Waals surface area contributed by atoms with E-state index >= 15 is 0 Å². The Bertz CT molecular complexity index is 920. The van der Waals surface area contributed by atoms with E-state index in [-0.39, 0.29) is 12.7 Å². The summed E-state index contributed by atoms with van der Waals surface area (Å²) in [6.45, 7) is 0.660. The maximum atomic E-state index is 12.3. The van der Waals surface area contributed by atoms with E-state index in [0.29, 0.717) is 28.6 Å². The molecule has 24 heavy (non-hydrogen) atoms. The van der Waals surface area contributed by atoms with Crippen molar-refractivity contribution in [1.82, 2.24) is 10.3 Å². The number of aromatic nitrogens is 1. The van der Waals surface area contributed by atoms with Crippen molar-refractivity contribution < 1.29 is 14.3 Å². The van der Waals surface area contributed by atoms with Gasteiger partial charge in [0.2, 0.25) is 6.79 Å². The number of hydrogen-bond donors (Lipinski definition) is 2. The molecule has 0 saturated heterocycles. The zero-order valence-corrected chi connectivity index (χ0v) is 13.5. The number of H-pyrrole nitrogens is 1. The minimum absolute atomic E-state index is 0.126. The number of rotatable bonds is 4. The molecule has 0 atom stereocenters. The molecule has 2 heterocycles. The third kappa shape index (κ3) is 2.67. The van der Waals surface area contributed by atoms with Gasteiger partial charge in [0.1, 0.15) is 0 Å². The van der Waals surface area contributed by atoms with Crippen LogP contribution in [-0.2, 0) is 6.42 Å². The number of benzene rings is 2. The minimum Gasteiger partial charge on any atom is -0.454 e. The molecule has 2 aromatic carbocycles. The second kappa shape index (κ2) is 6.09. The van der Waals surface area contributed by atoms with Gasteiger partial charge in [-0.2, -0.15) is 0 Å². The molecular weight excluding hydrogens is 328 g/mol. The zero-order chi connectivity index (χ0) is 16.5.